The number of carbonyl (C=O) groups excluding carboxylic acids is 1. The maximum atomic E-state index is 12.2. The molecule has 0 amide bonds. The number of amidine groups is 1. The fourth-order valence-corrected chi connectivity index (χ4v) is 3.61. The average molecular weight is 413 g/mol. The topological polar surface area (TPSA) is 63.8 Å². The van der Waals surface area contributed by atoms with Gasteiger partial charge in [-0.15, -0.1) is 0 Å². The third-order valence-corrected chi connectivity index (χ3v) is 4.67. The molecule has 0 saturated carbocycles. The number of carbonyl (C=O) groups is 1. The number of aliphatic imine (C=N–C) groups is 1. The summed E-state index contributed by atoms with van der Waals surface area (Å²) in [5.41, 5.74) is 1.51. The van der Waals surface area contributed by atoms with Gasteiger partial charge in [0.1, 0.15) is 5.58 Å². The van der Waals surface area contributed by atoms with Gasteiger partial charge in [0.05, 0.1) is 6.61 Å². The maximum Gasteiger partial charge on any atom is 0.374 e. The second-order valence-electron chi connectivity index (χ2n) is 4.87. The van der Waals surface area contributed by atoms with Crippen LogP contribution in [-0.2, 0) is 10.5 Å². The minimum Gasteiger partial charge on any atom is -0.460 e. The van der Waals surface area contributed by atoms with Crippen molar-refractivity contribution < 1.29 is 13.9 Å². The van der Waals surface area contributed by atoms with E-state index in [-0.39, 0.29) is 5.76 Å². The molecule has 0 aliphatic heterocycles. The van der Waals surface area contributed by atoms with Gasteiger partial charge in [0.2, 0.25) is 5.76 Å². The highest BCUT2D eigenvalue weighted by Crippen LogP contribution is 2.32. The van der Waals surface area contributed by atoms with Gasteiger partial charge < -0.3 is 14.5 Å². The molecule has 1 aromatic carbocycles. The van der Waals surface area contributed by atoms with Crippen LogP contribution in [0.4, 0.5) is 0 Å². The number of nitrogens with zero attached hydrogens (tertiary/aromatic N) is 1. The van der Waals surface area contributed by atoms with Crippen molar-refractivity contribution in [2.24, 2.45) is 4.99 Å². The largest absolute Gasteiger partial charge is 0.460 e. The number of hydrogen-bond donors (Lipinski definition) is 1. The minimum atomic E-state index is -0.433. The summed E-state index contributed by atoms with van der Waals surface area (Å²) >= 11 is 5.03. The van der Waals surface area contributed by atoms with E-state index in [0.29, 0.717) is 24.5 Å². The van der Waals surface area contributed by atoms with Crippen LogP contribution in [0.5, 0.6) is 0 Å². The molecular formula is C17H21BrN2O3S. The number of halogens is 1. The molecule has 0 saturated heterocycles. The molecule has 2 aromatic rings. The van der Waals surface area contributed by atoms with Crippen LogP contribution in [0.3, 0.4) is 0 Å². The van der Waals surface area contributed by atoms with Crippen molar-refractivity contribution in [3.05, 3.63) is 34.0 Å². The number of hydrogen-bond acceptors (Lipinski definition) is 5. The number of furan rings is 1. The molecule has 0 atom stereocenters. The molecule has 0 bridgehead atoms. The van der Waals surface area contributed by atoms with Crippen LogP contribution in [-0.4, -0.2) is 30.8 Å². The summed E-state index contributed by atoms with van der Waals surface area (Å²) in [6.07, 6.45) is 0. The lowest BCUT2D eigenvalue weighted by molar-refractivity contribution is 0.0491. The number of rotatable bonds is 6. The molecule has 7 heteroatoms. The average Bonchev–Trinajstić information content (AvgIpc) is 2.91. The normalized spacial score (nSPS) is 11.8. The first-order chi connectivity index (χ1) is 11.6. The molecule has 0 aliphatic carbocycles. The molecule has 0 spiro atoms. The van der Waals surface area contributed by atoms with E-state index in [4.69, 9.17) is 9.15 Å². The van der Waals surface area contributed by atoms with Crippen molar-refractivity contribution in [3.8, 4) is 0 Å². The lowest BCUT2D eigenvalue weighted by atomic mass is 10.1. The number of fused-ring (bicyclic) bond motifs is 1. The van der Waals surface area contributed by atoms with Gasteiger partial charge >= 0.3 is 5.97 Å². The van der Waals surface area contributed by atoms with Crippen molar-refractivity contribution in [1.82, 2.24) is 5.32 Å². The summed E-state index contributed by atoms with van der Waals surface area (Å²) in [5.74, 6) is 0.409. The summed E-state index contributed by atoms with van der Waals surface area (Å²) in [4.78, 5) is 16.7. The number of esters is 1. The molecule has 1 heterocycles. The lowest BCUT2D eigenvalue weighted by Gasteiger charge is -2.07. The van der Waals surface area contributed by atoms with E-state index >= 15 is 0 Å². The number of ether oxygens (including phenoxy) is 1. The highest BCUT2D eigenvalue weighted by atomic mass is 79.9. The molecular weight excluding hydrogens is 392 g/mol. The quantitative estimate of drug-likeness (QED) is 0.426. The summed E-state index contributed by atoms with van der Waals surface area (Å²) in [6, 6.07) is 5.70. The van der Waals surface area contributed by atoms with Gasteiger partial charge in [0.25, 0.3) is 0 Å². The number of benzene rings is 1. The number of thioether (sulfide) groups is 1. The maximum absolute atomic E-state index is 12.2. The van der Waals surface area contributed by atoms with Gasteiger partial charge in [-0.3, -0.25) is 4.99 Å². The van der Waals surface area contributed by atoms with Gasteiger partial charge in [-0.2, -0.15) is 0 Å². The second-order valence-corrected chi connectivity index (χ2v) is 6.75. The number of nitrogens with one attached hydrogen (secondary N) is 1. The Balaban J connectivity index is 2.37. The van der Waals surface area contributed by atoms with Crippen LogP contribution in [0.1, 0.15) is 36.9 Å². The standard InChI is InChI=1S/C17H21BrN2O3S/c1-4-19-17(20-5-2)24-10-13-12-9-11(18)7-8-14(12)23-15(13)16(21)22-6-3/h7-9H,4-6,10H2,1-3H3,(H,19,20). The molecule has 2 rings (SSSR count). The molecule has 0 fully saturated rings. The van der Waals surface area contributed by atoms with Gasteiger partial charge in [0, 0.05) is 34.3 Å². The summed E-state index contributed by atoms with van der Waals surface area (Å²) in [6.45, 7) is 7.62. The summed E-state index contributed by atoms with van der Waals surface area (Å²) in [5, 5.41) is 5.01. The van der Waals surface area contributed by atoms with Crippen molar-refractivity contribution in [3.63, 3.8) is 0 Å². The monoisotopic (exact) mass is 412 g/mol. The Morgan fingerprint density at radius 3 is 2.83 bits per heavy atom. The van der Waals surface area contributed by atoms with E-state index in [1.807, 2.05) is 32.0 Å². The molecule has 0 unspecified atom stereocenters. The predicted molar refractivity (Wildman–Crippen MR) is 103 cm³/mol. The van der Waals surface area contributed by atoms with E-state index in [2.05, 4.69) is 26.2 Å². The summed E-state index contributed by atoms with van der Waals surface area (Å²) < 4.78 is 11.8. The first-order valence-corrected chi connectivity index (χ1v) is 9.67. The van der Waals surface area contributed by atoms with Crippen LogP contribution < -0.4 is 5.32 Å². The second kappa shape index (κ2) is 9.13. The molecule has 1 aromatic heterocycles. The summed E-state index contributed by atoms with van der Waals surface area (Å²) in [7, 11) is 0. The van der Waals surface area contributed by atoms with Gasteiger partial charge in [-0.05, 0) is 39.0 Å². The molecule has 24 heavy (non-hydrogen) atoms. The highest BCUT2D eigenvalue weighted by Gasteiger charge is 2.22. The zero-order valence-electron chi connectivity index (χ0n) is 14.0. The first-order valence-electron chi connectivity index (χ1n) is 7.89. The Kier molecular flexibility index (Phi) is 7.17. The Morgan fingerprint density at radius 1 is 1.38 bits per heavy atom. The Bertz CT molecular complexity index is 743. The highest BCUT2D eigenvalue weighted by molar-refractivity contribution is 9.10. The van der Waals surface area contributed by atoms with Crippen molar-refractivity contribution in [2.75, 3.05) is 19.7 Å². The third-order valence-electron chi connectivity index (χ3n) is 3.20. The zero-order chi connectivity index (χ0) is 17.5. The van der Waals surface area contributed by atoms with E-state index < -0.39 is 5.97 Å². The van der Waals surface area contributed by atoms with Crippen molar-refractivity contribution >= 4 is 49.8 Å². The van der Waals surface area contributed by atoms with Crippen LogP contribution >= 0.6 is 27.7 Å². The molecule has 130 valence electrons. The van der Waals surface area contributed by atoms with E-state index in [0.717, 1.165) is 27.1 Å². The molecule has 1 N–H and O–H groups in total. The smallest absolute Gasteiger partial charge is 0.374 e. The van der Waals surface area contributed by atoms with Gasteiger partial charge in [0.15, 0.2) is 5.17 Å². The van der Waals surface area contributed by atoms with Gasteiger partial charge in [-0.25, -0.2) is 4.79 Å². The lowest BCUT2D eigenvalue weighted by Crippen LogP contribution is -2.20. The van der Waals surface area contributed by atoms with Crippen LogP contribution in [0.2, 0.25) is 0 Å². The Labute approximate surface area is 154 Å². The van der Waals surface area contributed by atoms with E-state index in [1.165, 1.54) is 0 Å². The predicted octanol–water partition coefficient (Wildman–Crippen LogP) is 4.59. The fraction of sp³-hybridized carbons (Fsp3) is 0.412. The van der Waals surface area contributed by atoms with Crippen molar-refractivity contribution in [1.29, 1.82) is 0 Å². The zero-order valence-corrected chi connectivity index (χ0v) is 16.4. The Morgan fingerprint density at radius 2 is 2.17 bits per heavy atom. The SMILES string of the molecule is CCN=C(NCC)SCc1c(C(=O)OCC)oc2ccc(Br)cc12. The third kappa shape index (κ3) is 4.54. The minimum absolute atomic E-state index is 0.268. The van der Waals surface area contributed by atoms with Crippen LogP contribution in [0, 0.1) is 0 Å². The van der Waals surface area contributed by atoms with Gasteiger partial charge in [-0.1, -0.05) is 27.7 Å². The molecule has 0 radical (unpaired) electrons. The fourth-order valence-electron chi connectivity index (χ4n) is 2.21. The van der Waals surface area contributed by atoms with E-state index in [9.17, 15) is 4.79 Å². The van der Waals surface area contributed by atoms with Crippen molar-refractivity contribution in [2.45, 2.75) is 26.5 Å². The van der Waals surface area contributed by atoms with Crippen LogP contribution in [0.15, 0.2) is 32.1 Å². The first kappa shape index (κ1) is 18.9. The van der Waals surface area contributed by atoms with E-state index in [1.54, 1.807) is 18.7 Å². The Hall–Kier alpha value is -1.47. The molecule has 5 nitrogen and oxygen atoms in total. The van der Waals surface area contributed by atoms with Crippen LogP contribution in [0.25, 0.3) is 11.0 Å². The molecule has 0 aliphatic rings.